The molecule has 4 nitrogen and oxygen atoms in total. The van der Waals surface area contributed by atoms with Gasteiger partial charge in [0.25, 0.3) is 0 Å². The van der Waals surface area contributed by atoms with Crippen LogP contribution in [0.5, 0.6) is 0 Å². The van der Waals surface area contributed by atoms with Crippen LogP contribution >= 0.6 is 0 Å². The second kappa shape index (κ2) is 4.79. The normalized spacial score (nSPS) is 12.8. The van der Waals surface area contributed by atoms with Gasteiger partial charge in [0.1, 0.15) is 6.10 Å². The predicted molar refractivity (Wildman–Crippen MR) is 50.1 cm³/mol. The molecule has 0 aliphatic carbocycles. The Bertz CT molecular complexity index is 266. The Labute approximate surface area is 77.4 Å². The van der Waals surface area contributed by atoms with Crippen molar-refractivity contribution in [2.24, 2.45) is 0 Å². The molecule has 72 valence electrons. The zero-order chi connectivity index (χ0) is 9.68. The molecule has 1 aromatic heterocycles. The topological polar surface area (TPSA) is 68.4 Å². The third-order valence-corrected chi connectivity index (χ3v) is 1.73. The maximum Gasteiger partial charge on any atom is 0.106 e. The van der Waals surface area contributed by atoms with Gasteiger partial charge in [-0.1, -0.05) is 0 Å². The number of hydrogen-bond donors (Lipinski definition) is 2. The molecule has 1 aromatic rings. The van der Waals surface area contributed by atoms with E-state index >= 15 is 0 Å². The molecule has 0 radical (unpaired) electrons. The lowest BCUT2D eigenvalue weighted by Crippen LogP contribution is -2.09. The Morgan fingerprint density at radius 3 is 3.08 bits per heavy atom. The Hall–Kier alpha value is -1.13. The smallest absolute Gasteiger partial charge is 0.106 e. The molecule has 0 fully saturated rings. The molecule has 0 aliphatic rings. The van der Waals surface area contributed by atoms with Crippen LogP contribution in [0.3, 0.4) is 0 Å². The van der Waals surface area contributed by atoms with E-state index in [2.05, 4.69) is 4.98 Å². The lowest BCUT2D eigenvalue weighted by Gasteiger charge is -2.11. The van der Waals surface area contributed by atoms with Crippen LogP contribution in [0.25, 0.3) is 0 Å². The molecule has 0 aromatic carbocycles. The first-order valence-corrected chi connectivity index (χ1v) is 4.21. The fraction of sp³-hybridized carbons (Fsp3) is 0.444. The zero-order valence-corrected chi connectivity index (χ0v) is 7.60. The number of ether oxygens (including phenoxy) is 1. The summed E-state index contributed by atoms with van der Waals surface area (Å²) in [6, 6.07) is 1.66. The zero-order valence-electron chi connectivity index (χ0n) is 7.60. The molecule has 0 amide bonds. The molecule has 1 unspecified atom stereocenters. The van der Waals surface area contributed by atoms with Crippen LogP contribution in [0.15, 0.2) is 18.5 Å². The first kappa shape index (κ1) is 9.95. The summed E-state index contributed by atoms with van der Waals surface area (Å²) in [5.41, 5.74) is 6.80. The van der Waals surface area contributed by atoms with E-state index in [1.807, 2.05) is 6.92 Å². The van der Waals surface area contributed by atoms with E-state index in [1.54, 1.807) is 18.5 Å². The fourth-order valence-corrected chi connectivity index (χ4v) is 1.02. The van der Waals surface area contributed by atoms with Crippen LogP contribution in [-0.2, 0) is 4.74 Å². The van der Waals surface area contributed by atoms with E-state index in [0.29, 0.717) is 17.9 Å². The van der Waals surface area contributed by atoms with Crippen molar-refractivity contribution in [1.82, 2.24) is 4.98 Å². The molecular weight excluding hydrogens is 168 g/mol. The summed E-state index contributed by atoms with van der Waals surface area (Å²) in [4.78, 5) is 3.88. The van der Waals surface area contributed by atoms with Crippen LogP contribution < -0.4 is 5.73 Å². The van der Waals surface area contributed by atoms with Crippen LogP contribution in [0.4, 0.5) is 5.69 Å². The molecule has 3 N–H and O–H groups in total. The largest absolute Gasteiger partial charge is 0.398 e. The maximum absolute atomic E-state index is 9.59. The molecule has 0 aliphatic heterocycles. The van der Waals surface area contributed by atoms with Gasteiger partial charge in [0, 0.05) is 30.3 Å². The highest BCUT2D eigenvalue weighted by molar-refractivity contribution is 5.45. The Balaban J connectivity index is 2.65. The number of anilines is 1. The first-order valence-electron chi connectivity index (χ1n) is 4.21. The van der Waals surface area contributed by atoms with Crippen molar-refractivity contribution >= 4 is 5.69 Å². The van der Waals surface area contributed by atoms with Crippen molar-refractivity contribution in [1.29, 1.82) is 0 Å². The lowest BCUT2D eigenvalue weighted by atomic mass is 10.1. The molecule has 0 bridgehead atoms. The van der Waals surface area contributed by atoms with Gasteiger partial charge in [-0.3, -0.25) is 4.98 Å². The monoisotopic (exact) mass is 182 g/mol. The first-order chi connectivity index (χ1) is 6.25. The van der Waals surface area contributed by atoms with E-state index in [9.17, 15) is 5.11 Å². The van der Waals surface area contributed by atoms with Crippen molar-refractivity contribution in [3.05, 3.63) is 24.0 Å². The number of aliphatic hydroxyl groups excluding tert-OH is 1. The van der Waals surface area contributed by atoms with Gasteiger partial charge in [0.05, 0.1) is 6.61 Å². The van der Waals surface area contributed by atoms with Gasteiger partial charge >= 0.3 is 0 Å². The van der Waals surface area contributed by atoms with Crippen molar-refractivity contribution in [3.63, 3.8) is 0 Å². The third kappa shape index (κ3) is 2.68. The highest BCUT2D eigenvalue weighted by Gasteiger charge is 2.10. The number of nitrogens with zero attached hydrogens (tertiary/aromatic N) is 1. The molecular formula is C9H14N2O2. The Morgan fingerprint density at radius 2 is 2.46 bits per heavy atom. The maximum atomic E-state index is 9.59. The number of aliphatic hydroxyl groups is 1. The quantitative estimate of drug-likeness (QED) is 0.720. The van der Waals surface area contributed by atoms with E-state index < -0.39 is 6.10 Å². The molecule has 0 saturated carbocycles. The summed E-state index contributed by atoms with van der Waals surface area (Å²) < 4.78 is 5.07. The van der Waals surface area contributed by atoms with Gasteiger partial charge in [0.15, 0.2) is 0 Å². The predicted octanol–water partition coefficient (Wildman–Crippen LogP) is 0.734. The molecule has 13 heavy (non-hydrogen) atoms. The standard InChI is InChI=1S/C9H14N2O2/c1-2-13-6-9(12)7-5-11-4-3-8(7)10/h3-5,9,12H,2,6H2,1H3,(H2,10,11). The van der Waals surface area contributed by atoms with E-state index in [1.165, 1.54) is 0 Å². The number of nitrogen functional groups attached to an aromatic ring is 1. The minimum atomic E-state index is -0.686. The molecule has 1 rings (SSSR count). The number of nitrogens with two attached hydrogens (primary N) is 1. The average molecular weight is 182 g/mol. The summed E-state index contributed by atoms with van der Waals surface area (Å²) in [7, 11) is 0. The van der Waals surface area contributed by atoms with Gasteiger partial charge in [-0.15, -0.1) is 0 Å². The van der Waals surface area contributed by atoms with Gasteiger partial charge in [0.2, 0.25) is 0 Å². The minimum absolute atomic E-state index is 0.256. The van der Waals surface area contributed by atoms with Crippen molar-refractivity contribution in [2.45, 2.75) is 13.0 Å². The van der Waals surface area contributed by atoms with Crippen molar-refractivity contribution in [3.8, 4) is 0 Å². The second-order valence-electron chi connectivity index (χ2n) is 2.68. The molecule has 1 atom stereocenters. The number of hydrogen-bond acceptors (Lipinski definition) is 4. The van der Waals surface area contributed by atoms with Crippen LogP contribution in [0.2, 0.25) is 0 Å². The average Bonchev–Trinajstić information content (AvgIpc) is 2.15. The van der Waals surface area contributed by atoms with Crippen molar-refractivity contribution in [2.75, 3.05) is 18.9 Å². The van der Waals surface area contributed by atoms with Gasteiger partial charge in [-0.25, -0.2) is 0 Å². The fourth-order valence-electron chi connectivity index (χ4n) is 1.02. The lowest BCUT2D eigenvalue weighted by molar-refractivity contribution is 0.0422. The van der Waals surface area contributed by atoms with E-state index in [-0.39, 0.29) is 6.61 Å². The van der Waals surface area contributed by atoms with Gasteiger partial charge < -0.3 is 15.6 Å². The van der Waals surface area contributed by atoms with Crippen LogP contribution in [0, 0.1) is 0 Å². The number of rotatable bonds is 4. The molecule has 4 heteroatoms. The molecule has 0 spiro atoms. The van der Waals surface area contributed by atoms with E-state index in [4.69, 9.17) is 10.5 Å². The molecule has 1 heterocycles. The second-order valence-corrected chi connectivity index (χ2v) is 2.68. The van der Waals surface area contributed by atoms with E-state index in [0.717, 1.165) is 0 Å². The van der Waals surface area contributed by atoms with Gasteiger partial charge in [-0.2, -0.15) is 0 Å². The third-order valence-electron chi connectivity index (χ3n) is 1.73. The summed E-state index contributed by atoms with van der Waals surface area (Å²) in [6.07, 6.45) is 2.46. The Morgan fingerprint density at radius 1 is 1.69 bits per heavy atom. The van der Waals surface area contributed by atoms with Crippen LogP contribution in [-0.4, -0.2) is 23.3 Å². The summed E-state index contributed by atoms with van der Waals surface area (Å²) in [6.45, 7) is 2.71. The highest BCUT2D eigenvalue weighted by Crippen LogP contribution is 2.18. The highest BCUT2D eigenvalue weighted by atomic mass is 16.5. The summed E-state index contributed by atoms with van der Waals surface area (Å²) in [5, 5.41) is 9.59. The Kier molecular flexibility index (Phi) is 3.67. The molecule has 0 saturated heterocycles. The van der Waals surface area contributed by atoms with Gasteiger partial charge in [-0.05, 0) is 13.0 Å². The number of aromatic nitrogens is 1. The minimum Gasteiger partial charge on any atom is -0.398 e. The number of pyridine rings is 1. The van der Waals surface area contributed by atoms with Crippen LogP contribution in [0.1, 0.15) is 18.6 Å². The SMILES string of the molecule is CCOCC(O)c1cnccc1N. The van der Waals surface area contributed by atoms with Crippen molar-refractivity contribution < 1.29 is 9.84 Å². The summed E-state index contributed by atoms with van der Waals surface area (Å²) >= 11 is 0. The summed E-state index contributed by atoms with van der Waals surface area (Å²) in [5.74, 6) is 0.